The summed E-state index contributed by atoms with van der Waals surface area (Å²) in [6.07, 6.45) is 1.44. The Balaban J connectivity index is 2.26. The number of rotatable bonds is 5. The molecule has 0 aliphatic rings. The molecule has 0 radical (unpaired) electrons. The molecule has 0 unspecified atom stereocenters. The fourth-order valence-corrected chi connectivity index (χ4v) is 1.18. The third kappa shape index (κ3) is 5.16. The van der Waals surface area contributed by atoms with Crippen LogP contribution in [0.15, 0.2) is 42.0 Å². The maximum absolute atomic E-state index is 11.3. The van der Waals surface area contributed by atoms with Gasteiger partial charge in [0.2, 0.25) is 0 Å². The van der Waals surface area contributed by atoms with Gasteiger partial charge in [-0.15, -0.1) is 0 Å². The lowest BCUT2D eigenvalue weighted by Crippen LogP contribution is -2.27. The van der Waals surface area contributed by atoms with Crippen LogP contribution in [0.5, 0.6) is 5.75 Å². The lowest BCUT2D eigenvalue weighted by molar-refractivity contribution is -0.132. The van der Waals surface area contributed by atoms with Gasteiger partial charge in [-0.25, -0.2) is 9.59 Å². The molecule has 1 aromatic carbocycles. The molecule has 0 aliphatic heterocycles. The number of carbonyl (C=O) groups excluding carboxylic acids is 1. The van der Waals surface area contributed by atoms with Crippen molar-refractivity contribution in [3.8, 4) is 5.75 Å². The molecule has 1 aromatic rings. The zero-order chi connectivity index (χ0) is 13.4. The molecule has 18 heavy (non-hydrogen) atoms. The fraction of sp³-hybridized carbons (Fsp3) is 0.231. The van der Waals surface area contributed by atoms with Gasteiger partial charge in [0.15, 0.2) is 0 Å². The zero-order valence-corrected chi connectivity index (χ0v) is 10.1. The smallest absolute Gasteiger partial charge is 0.412 e. The van der Waals surface area contributed by atoms with Crippen LogP contribution in [0.4, 0.5) is 4.79 Å². The van der Waals surface area contributed by atoms with Crippen molar-refractivity contribution < 1.29 is 19.4 Å². The van der Waals surface area contributed by atoms with E-state index in [1.807, 2.05) is 6.07 Å². The second-order valence-electron chi connectivity index (χ2n) is 3.61. The fourth-order valence-electron chi connectivity index (χ4n) is 1.18. The molecule has 0 atom stereocenters. The van der Waals surface area contributed by atoms with Crippen LogP contribution in [0.3, 0.4) is 0 Å². The Morgan fingerprint density at radius 2 is 2.00 bits per heavy atom. The molecule has 5 heteroatoms. The van der Waals surface area contributed by atoms with Gasteiger partial charge in [-0.3, -0.25) is 0 Å². The number of nitrogens with one attached hydrogen (secondary N) is 1. The third-order valence-corrected chi connectivity index (χ3v) is 2.16. The van der Waals surface area contributed by atoms with E-state index in [1.54, 1.807) is 30.3 Å². The molecule has 0 aliphatic carbocycles. The van der Waals surface area contributed by atoms with Gasteiger partial charge < -0.3 is 15.2 Å². The summed E-state index contributed by atoms with van der Waals surface area (Å²) in [5.41, 5.74) is 0.258. The van der Waals surface area contributed by atoms with E-state index in [4.69, 9.17) is 9.84 Å². The number of ether oxygens (including phenoxy) is 1. The summed E-state index contributed by atoms with van der Waals surface area (Å²) < 4.78 is 4.98. The monoisotopic (exact) mass is 249 g/mol. The molecule has 0 heterocycles. The average Bonchev–Trinajstić information content (AvgIpc) is 2.35. The predicted octanol–water partition coefficient (Wildman–Crippen LogP) is 2.20. The second kappa shape index (κ2) is 7.11. The molecular weight excluding hydrogens is 234 g/mol. The molecule has 0 fully saturated rings. The van der Waals surface area contributed by atoms with Crippen molar-refractivity contribution in [3.63, 3.8) is 0 Å². The Kier molecular flexibility index (Phi) is 5.44. The Morgan fingerprint density at radius 1 is 1.33 bits per heavy atom. The minimum atomic E-state index is -0.957. The van der Waals surface area contributed by atoms with Crippen LogP contribution in [0.25, 0.3) is 0 Å². The molecular formula is C13H15NO4. The van der Waals surface area contributed by atoms with Gasteiger partial charge in [0, 0.05) is 12.1 Å². The first-order chi connectivity index (χ1) is 8.59. The summed E-state index contributed by atoms with van der Waals surface area (Å²) in [6, 6.07) is 8.70. The Morgan fingerprint density at radius 3 is 2.61 bits per heavy atom. The molecule has 5 nitrogen and oxygen atoms in total. The van der Waals surface area contributed by atoms with Gasteiger partial charge in [-0.1, -0.05) is 24.3 Å². The quantitative estimate of drug-likeness (QED) is 0.619. The summed E-state index contributed by atoms with van der Waals surface area (Å²) in [5.74, 6) is -0.492. The van der Waals surface area contributed by atoms with E-state index in [0.717, 1.165) is 0 Å². The topological polar surface area (TPSA) is 75.6 Å². The van der Waals surface area contributed by atoms with Crippen LogP contribution in [0.1, 0.15) is 13.3 Å². The van der Waals surface area contributed by atoms with E-state index >= 15 is 0 Å². The molecule has 2 N–H and O–H groups in total. The Bertz CT molecular complexity index is 440. The van der Waals surface area contributed by atoms with Gasteiger partial charge in [-0.2, -0.15) is 0 Å². The molecule has 1 amide bonds. The molecule has 0 bridgehead atoms. The highest BCUT2D eigenvalue weighted by molar-refractivity contribution is 5.85. The lowest BCUT2D eigenvalue weighted by Gasteiger charge is -2.05. The lowest BCUT2D eigenvalue weighted by atomic mass is 10.2. The van der Waals surface area contributed by atoms with Crippen molar-refractivity contribution in [1.29, 1.82) is 0 Å². The van der Waals surface area contributed by atoms with Gasteiger partial charge in [0.1, 0.15) is 5.75 Å². The van der Waals surface area contributed by atoms with Crippen LogP contribution < -0.4 is 10.1 Å². The van der Waals surface area contributed by atoms with Crippen molar-refractivity contribution in [2.45, 2.75) is 13.3 Å². The van der Waals surface area contributed by atoms with Gasteiger partial charge in [0.05, 0.1) is 0 Å². The number of carboxylic acids is 1. The van der Waals surface area contributed by atoms with Crippen LogP contribution >= 0.6 is 0 Å². The first-order valence-corrected chi connectivity index (χ1v) is 5.50. The number of benzene rings is 1. The second-order valence-corrected chi connectivity index (χ2v) is 3.61. The molecule has 0 saturated heterocycles. The number of aliphatic carboxylic acids is 1. The highest BCUT2D eigenvalue weighted by atomic mass is 16.6. The first-order valence-electron chi connectivity index (χ1n) is 5.50. The maximum Gasteiger partial charge on any atom is 0.412 e. The van der Waals surface area contributed by atoms with Gasteiger partial charge in [-0.05, 0) is 25.5 Å². The average molecular weight is 249 g/mol. The summed E-state index contributed by atoms with van der Waals surface area (Å²) in [7, 11) is 0. The zero-order valence-electron chi connectivity index (χ0n) is 10.1. The molecule has 96 valence electrons. The third-order valence-electron chi connectivity index (χ3n) is 2.16. The highest BCUT2D eigenvalue weighted by Gasteiger charge is 2.02. The van der Waals surface area contributed by atoms with Crippen molar-refractivity contribution in [2.75, 3.05) is 6.54 Å². The van der Waals surface area contributed by atoms with Crippen molar-refractivity contribution in [1.82, 2.24) is 5.32 Å². The number of carboxylic acid groups (broad SMARTS) is 1. The van der Waals surface area contributed by atoms with Crippen LogP contribution in [-0.4, -0.2) is 23.7 Å². The summed E-state index contributed by atoms with van der Waals surface area (Å²) in [6.45, 7) is 1.83. The Hall–Kier alpha value is -2.30. The minimum absolute atomic E-state index is 0.258. The van der Waals surface area contributed by atoms with E-state index in [-0.39, 0.29) is 5.57 Å². The minimum Gasteiger partial charge on any atom is -0.478 e. The largest absolute Gasteiger partial charge is 0.478 e. The van der Waals surface area contributed by atoms with E-state index in [9.17, 15) is 9.59 Å². The predicted molar refractivity (Wildman–Crippen MR) is 66.5 cm³/mol. The van der Waals surface area contributed by atoms with Crippen molar-refractivity contribution in [3.05, 3.63) is 42.0 Å². The number of hydrogen-bond acceptors (Lipinski definition) is 3. The number of para-hydroxylation sites is 1. The summed E-state index contributed by atoms with van der Waals surface area (Å²) in [4.78, 5) is 21.8. The summed E-state index contributed by atoms with van der Waals surface area (Å²) >= 11 is 0. The van der Waals surface area contributed by atoms with E-state index < -0.39 is 12.1 Å². The van der Waals surface area contributed by atoms with E-state index in [2.05, 4.69) is 5.32 Å². The van der Waals surface area contributed by atoms with Gasteiger partial charge in [0.25, 0.3) is 0 Å². The maximum atomic E-state index is 11.3. The van der Waals surface area contributed by atoms with E-state index in [1.165, 1.54) is 6.92 Å². The molecule has 0 aromatic heterocycles. The van der Waals surface area contributed by atoms with Crippen LogP contribution in [-0.2, 0) is 4.79 Å². The summed E-state index contributed by atoms with van der Waals surface area (Å²) in [5, 5.41) is 11.1. The first kappa shape index (κ1) is 13.8. The molecule has 0 spiro atoms. The number of hydrogen-bond donors (Lipinski definition) is 2. The van der Waals surface area contributed by atoms with E-state index in [0.29, 0.717) is 18.7 Å². The Labute approximate surface area is 105 Å². The van der Waals surface area contributed by atoms with Crippen LogP contribution in [0.2, 0.25) is 0 Å². The number of amides is 1. The number of carbonyl (C=O) groups is 2. The van der Waals surface area contributed by atoms with Crippen molar-refractivity contribution in [2.24, 2.45) is 0 Å². The standard InChI is InChI=1S/C13H15NO4/c1-10(12(15)16)6-5-9-14-13(17)18-11-7-3-2-4-8-11/h2-4,6-8H,5,9H2,1H3,(H,14,17)(H,15,16). The molecule has 0 saturated carbocycles. The highest BCUT2D eigenvalue weighted by Crippen LogP contribution is 2.07. The molecule has 1 rings (SSSR count). The normalized spacial score (nSPS) is 10.8. The van der Waals surface area contributed by atoms with Gasteiger partial charge >= 0.3 is 12.1 Å². The van der Waals surface area contributed by atoms with Crippen LogP contribution in [0, 0.1) is 0 Å². The SMILES string of the molecule is CC(=CCCNC(=O)Oc1ccccc1)C(=O)O. The van der Waals surface area contributed by atoms with Crippen molar-refractivity contribution >= 4 is 12.1 Å².